The van der Waals surface area contributed by atoms with Gasteiger partial charge in [-0.3, -0.25) is 9.59 Å². The molecule has 0 bridgehead atoms. The van der Waals surface area contributed by atoms with Gasteiger partial charge in [-0.2, -0.15) is 0 Å². The van der Waals surface area contributed by atoms with Gasteiger partial charge < -0.3 is 15.5 Å². The summed E-state index contributed by atoms with van der Waals surface area (Å²) in [7, 11) is 0. The van der Waals surface area contributed by atoms with E-state index in [1.54, 1.807) is 12.1 Å². The molecule has 2 amide bonds. The Morgan fingerprint density at radius 2 is 1.55 bits per heavy atom. The lowest BCUT2D eigenvalue weighted by Gasteiger charge is -2.35. The number of hydrogen-bond donors (Lipinski definition) is 2. The molecule has 0 spiro atoms. The number of nitrogens with one attached hydrogen (secondary N) is 2. The second kappa shape index (κ2) is 8.87. The molecule has 0 unspecified atom stereocenters. The maximum Gasteiger partial charge on any atom is 0.253 e. The zero-order chi connectivity index (χ0) is 20.2. The van der Waals surface area contributed by atoms with Crippen molar-refractivity contribution in [1.82, 2.24) is 10.6 Å². The van der Waals surface area contributed by atoms with E-state index in [0.29, 0.717) is 16.5 Å². The van der Waals surface area contributed by atoms with Gasteiger partial charge in [-0.05, 0) is 55.9 Å². The molecule has 5 nitrogen and oxygen atoms in total. The topological polar surface area (TPSA) is 61.4 Å². The van der Waals surface area contributed by atoms with Crippen LogP contribution in [0.15, 0.2) is 48.5 Å². The van der Waals surface area contributed by atoms with Gasteiger partial charge in [0.25, 0.3) is 11.8 Å². The molecule has 1 aliphatic carbocycles. The Kier molecular flexibility index (Phi) is 6.05. The number of para-hydroxylation sites is 1. The fraction of sp³-hybridized carbons (Fsp3) is 0.391. The highest BCUT2D eigenvalue weighted by Gasteiger charge is 2.26. The van der Waals surface area contributed by atoms with E-state index in [2.05, 4.69) is 15.5 Å². The van der Waals surface area contributed by atoms with Crippen LogP contribution in [-0.4, -0.2) is 37.5 Å². The summed E-state index contributed by atoms with van der Waals surface area (Å²) in [4.78, 5) is 27.4. The second-order valence-corrected chi connectivity index (χ2v) is 8.29. The molecule has 29 heavy (non-hydrogen) atoms. The molecule has 2 aromatic rings. The van der Waals surface area contributed by atoms with Crippen molar-refractivity contribution in [3.05, 3.63) is 64.7 Å². The van der Waals surface area contributed by atoms with E-state index in [1.165, 1.54) is 12.8 Å². The van der Waals surface area contributed by atoms with E-state index in [1.807, 2.05) is 36.4 Å². The van der Waals surface area contributed by atoms with E-state index in [9.17, 15) is 9.59 Å². The van der Waals surface area contributed by atoms with E-state index in [0.717, 1.165) is 43.7 Å². The molecular formula is C23H26ClN3O2. The van der Waals surface area contributed by atoms with Crippen LogP contribution in [0, 0.1) is 5.92 Å². The van der Waals surface area contributed by atoms with E-state index >= 15 is 0 Å². The van der Waals surface area contributed by atoms with Crippen LogP contribution in [0.4, 0.5) is 5.69 Å². The first-order chi connectivity index (χ1) is 14.1. The normalized spacial score (nSPS) is 17.1. The maximum absolute atomic E-state index is 12.6. The van der Waals surface area contributed by atoms with Crippen molar-refractivity contribution in [1.29, 1.82) is 0 Å². The zero-order valence-corrected chi connectivity index (χ0v) is 17.1. The number of piperidine rings is 1. The lowest BCUT2D eigenvalue weighted by atomic mass is 10.0. The average Bonchev–Trinajstić information content (AvgIpc) is 3.57. The van der Waals surface area contributed by atoms with Gasteiger partial charge in [-0.1, -0.05) is 35.9 Å². The number of nitrogens with zero attached hydrogens (tertiary/aromatic N) is 1. The van der Waals surface area contributed by atoms with Crippen LogP contribution in [0.5, 0.6) is 0 Å². The molecule has 1 aliphatic heterocycles. The smallest absolute Gasteiger partial charge is 0.253 e. The van der Waals surface area contributed by atoms with Crippen LogP contribution in [0.2, 0.25) is 5.02 Å². The highest BCUT2D eigenvalue weighted by atomic mass is 35.5. The minimum atomic E-state index is -0.131. The van der Waals surface area contributed by atoms with Gasteiger partial charge in [0.15, 0.2) is 0 Å². The number of carbonyl (C=O) groups is 2. The van der Waals surface area contributed by atoms with Crippen molar-refractivity contribution in [2.45, 2.75) is 31.7 Å². The number of hydrogen-bond acceptors (Lipinski definition) is 3. The molecule has 2 N–H and O–H groups in total. The van der Waals surface area contributed by atoms with E-state index in [4.69, 9.17) is 11.6 Å². The molecule has 4 rings (SSSR count). The highest BCUT2D eigenvalue weighted by molar-refractivity contribution is 6.33. The van der Waals surface area contributed by atoms with Crippen molar-refractivity contribution >= 4 is 29.1 Å². The van der Waals surface area contributed by atoms with E-state index in [-0.39, 0.29) is 17.9 Å². The molecule has 0 atom stereocenters. The monoisotopic (exact) mass is 411 g/mol. The first-order valence-corrected chi connectivity index (χ1v) is 10.7. The molecule has 2 aliphatic rings. The van der Waals surface area contributed by atoms with Gasteiger partial charge in [0.2, 0.25) is 0 Å². The first kappa shape index (κ1) is 19.8. The molecule has 0 aromatic heterocycles. The molecule has 1 heterocycles. The number of rotatable bonds is 6. The summed E-state index contributed by atoms with van der Waals surface area (Å²) in [5.41, 5.74) is 2.21. The minimum absolute atomic E-state index is 0.00152. The fourth-order valence-electron chi connectivity index (χ4n) is 3.77. The third-order valence-electron chi connectivity index (χ3n) is 5.69. The van der Waals surface area contributed by atoms with Crippen molar-refractivity contribution in [2.75, 3.05) is 24.5 Å². The molecule has 1 saturated carbocycles. The lowest BCUT2D eigenvalue weighted by Crippen LogP contribution is -2.45. The largest absolute Gasteiger partial charge is 0.371 e. The van der Waals surface area contributed by atoms with Crippen molar-refractivity contribution in [2.24, 2.45) is 5.92 Å². The number of halogens is 1. The van der Waals surface area contributed by atoms with Crippen molar-refractivity contribution in [3.63, 3.8) is 0 Å². The SMILES string of the molecule is O=C(NC1CCN(c2ccccc2C(=O)NCC2CC2)CC1)c1ccccc1Cl. The predicted molar refractivity (Wildman–Crippen MR) is 116 cm³/mol. The molecule has 2 aromatic carbocycles. The summed E-state index contributed by atoms with van der Waals surface area (Å²) in [6.45, 7) is 2.35. The molecule has 152 valence electrons. The van der Waals surface area contributed by atoms with Gasteiger partial charge in [-0.15, -0.1) is 0 Å². The molecule has 1 saturated heterocycles. The van der Waals surface area contributed by atoms with Crippen LogP contribution < -0.4 is 15.5 Å². The van der Waals surface area contributed by atoms with Crippen molar-refractivity contribution in [3.8, 4) is 0 Å². The Bertz CT molecular complexity index is 889. The third-order valence-corrected chi connectivity index (χ3v) is 6.02. The van der Waals surface area contributed by atoms with Crippen LogP contribution in [0.1, 0.15) is 46.4 Å². The number of benzene rings is 2. The summed E-state index contributed by atoms with van der Waals surface area (Å²) in [6, 6.07) is 15.0. The van der Waals surface area contributed by atoms with Gasteiger partial charge in [0.1, 0.15) is 0 Å². The summed E-state index contributed by atoms with van der Waals surface area (Å²) < 4.78 is 0. The molecule has 2 fully saturated rings. The number of anilines is 1. The van der Waals surface area contributed by atoms with Crippen LogP contribution in [0.25, 0.3) is 0 Å². The molecule has 6 heteroatoms. The Morgan fingerprint density at radius 1 is 0.897 bits per heavy atom. The van der Waals surface area contributed by atoms with Gasteiger partial charge >= 0.3 is 0 Å². The summed E-state index contributed by atoms with van der Waals surface area (Å²) >= 11 is 6.13. The fourth-order valence-corrected chi connectivity index (χ4v) is 3.99. The first-order valence-electron chi connectivity index (χ1n) is 10.3. The molecule has 0 radical (unpaired) electrons. The van der Waals surface area contributed by atoms with Crippen LogP contribution >= 0.6 is 11.6 Å². The summed E-state index contributed by atoms with van der Waals surface area (Å²) in [5, 5.41) is 6.63. The average molecular weight is 412 g/mol. The third kappa shape index (κ3) is 4.91. The second-order valence-electron chi connectivity index (χ2n) is 7.89. The van der Waals surface area contributed by atoms with Crippen LogP contribution in [-0.2, 0) is 0 Å². The quantitative estimate of drug-likeness (QED) is 0.758. The van der Waals surface area contributed by atoms with E-state index < -0.39 is 0 Å². The summed E-state index contributed by atoms with van der Waals surface area (Å²) in [6.07, 6.45) is 4.09. The van der Waals surface area contributed by atoms with Crippen molar-refractivity contribution < 1.29 is 9.59 Å². The number of amides is 2. The Balaban J connectivity index is 1.35. The Morgan fingerprint density at radius 3 is 2.24 bits per heavy atom. The Labute approximate surface area is 176 Å². The minimum Gasteiger partial charge on any atom is -0.371 e. The van der Waals surface area contributed by atoms with Gasteiger partial charge in [0.05, 0.1) is 16.1 Å². The van der Waals surface area contributed by atoms with Gasteiger partial charge in [-0.25, -0.2) is 0 Å². The van der Waals surface area contributed by atoms with Gasteiger partial charge in [0, 0.05) is 31.4 Å². The number of carbonyl (C=O) groups excluding carboxylic acids is 2. The zero-order valence-electron chi connectivity index (χ0n) is 16.4. The lowest BCUT2D eigenvalue weighted by molar-refractivity contribution is 0.0929. The highest BCUT2D eigenvalue weighted by Crippen LogP contribution is 2.28. The summed E-state index contributed by atoms with van der Waals surface area (Å²) in [5.74, 6) is 0.527. The van der Waals surface area contributed by atoms with Crippen LogP contribution in [0.3, 0.4) is 0 Å². The molecular weight excluding hydrogens is 386 g/mol. The maximum atomic E-state index is 12.6. The standard InChI is InChI=1S/C23H26ClN3O2/c24-20-7-3-1-5-18(20)23(29)26-17-11-13-27(14-12-17)21-8-4-2-6-19(21)22(28)25-15-16-9-10-16/h1-8,16-17H,9-15H2,(H,25,28)(H,26,29). The predicted octanol–water partition coefficient (Wildman–Crippen LogP) is 3.88. The Hall–Kier alpha value is -2.53.